The summed E-state index contributed by atoms with van der Waals surface area (Å²) in [5.74, 6) is 0.00872. The summed E-state index contributed by atoms with van der Waals surface area (Å²) in [5, 5.41) is 4.64. The predicted molar refractivity (Wildman–Crippen MR) is 86.4 cm³/mol. The first kappa shape index (κ1) is 15.1. The lowest BCUT2D eigenvalue weighted by atomic mass is 10.1. The minimum absolute atomic E-state index is 0.00872. The molecule has 1 fully saturated rings. The van der Waals surface area contributed by atoms with Gasteiger partial charge in [0.15, 0.2) is 0 Å². The number of carbonyl (C=O) groups excluding carboxylic acids is 1. The summed E-state index contributed by atoms with van der Waals surface area (Å²) in [5.41, 5.74) is 1.34. The van der Waals surface area contributed by atoms with Crippen molar-refractivity contribution in [2.24, 2.45) is 0 Å². The number of benzene rings is 1. The Kier molecular flexibility index (Phi) is 4.17. The van der Waals surface area contributed by atoms with E-state index in [-0.39, 0.29) is 10.1 Å². The third kappa shape index (κ3) is 3.86. The van der Waals surface area contributed by atoms with Crippen molar-refractivity contribution < 1.29 is 13.2 Å². The first-order valence-corrected chi connectivity index (χ1v) is 9.34. The van der Waals surface area contributed by atoms with Crippen molar-refractivity contribution in [3.63, 3.8) is 0 Å². The van der Waals surface area contributed by atoms with Gasteiger partial charge in [-0.05, 0) is 42.0 Å². The maximum Gasteiger partial charge on any atom is 0.271 e. The van der Waals surface area contributed by atoms with Crippen molar-refractivity contribution in [1.29, 1.82) is 0 Å². The Morgan fingerprint density at radius 3 is 2.50 bits per heavy atom. The first-order chi connectivity index (χ1) is 10.5. The second kappa shape index (κ2) is 6.10. The van der Waals surface area contributed by atoms with Crippen LogP contribution in [0.15, 0.2) is 46.0 Å². The number of hydrogen-bond acceptors (Lipinski definition) is 4. The van der Waals surface area contributed by atoms with Gasteiger partial charge in [-0.15, -0.1) is 11.3 Å². The molecule has 2 aromatic rings. The normalized spacial score (nSPS) is 14.5. The molecule has 5 nitrogen and oxygen atoms in total. The molecule has 0 aliphatic heterocycles. The van der Waals surface area contributed by atoms with E-state index in [9.17, 15) is 13.2 Å². The molecule has 0 unspecified atom stereocenters. The van der Waals surface area contributed by atoms with Gasteiger partial charge in [-0.25, -0.2) is 8.42 Å². The van der Waals surface area contributed by atoms with Crippen molar-refractivity contribution in [3.05, 3.63) is 47.3 Å². The van der Waals surface area contributed by atoms with Gasteiger partial charge in [-0.2, -0.15) is 0 Å². The monoisotopic (exact) mass is 336 g/mol. The van der Waals surface area contributed by atoms with Gasteiger partial charge in [0.2, 0.25) is 5.91 Å². The zero-order valence-electron chi connectivity index (χ0n) is 11.8. The summed E-state index contributed by atoms with van der Waals surface area (Å²) >= 11 is 1.17. The number of nitrogens with one attached hydrogen (secondary N) is 2. The fraction of sp³-hybridized carbons (Fsp3) is 0.267. The van der Waals surface area contributed by atoms with Crippen LogP contribution >= 0.6 is 11.3 Å². The molecule has 1 heterocycles. The number of rotatable bonds is 6. The maximum atomic E-state index is 12.1. The summed E-state index contributed by atoms with van der Waals surface area (Å²) in [6, 6.07) is 10.5. The highest BCUT2D eigenvalue weighted by Crippen LogP contribution is 2.21. The summed E-state index contributed by atoms with van der Waals surface area (Å²) in [6.07, 6.45) is 2.44. The van der Waals surface area contributed by atoms with E-state index in [4.69, 9.17) is 0 Å². The van der Waals surface area contributed by atoms with Crippen LogP contribution in [0.3, 0.4) is 0 Å². The van der Waals surface area contributed by atoms with Gasteiger partial charge in [0, 0.05) is 11.7 Å². The van der Waals surface area contributed by atoms with Crippen LogP contribution in [0.4, 0.5) is 5.69 Å². The highest BCUT2D eigenvalue weighted by atomic mass is 32.2. The van der Waals surface area contributed by atoms with Gasteiger partial charge in [0.25, 0.3) is 10.0 Å². The molecule has 0 radical (unpaired) electrons. The lowest BCUT2D eigenvalue weighted by molar-refractivity contribution is -0.120. The Bertz CT molecular complexity index is 749. The molecule has 116 valence electrons. The van der Waals surface area contributed by atoms with Crippen LogP contribution < -0.4 is 10.0 Å². The average molecular weight is 336 g/mol. The number of amides is 1. The maximum absolute atomic E-state index is 12.1. The second-order valence-electron chi connectivity index (χ2n) is 5.25. The van der Waals surface area contributed by atoms with Crippen LogP contribution in [0.1, 0.15) is 18.4 Å². The third-order valence-corrected chi connectivity index (χ3v) is 6.05. The van der Waals surface area contributed by atoms with Crippen molar-refractivity contribution in [3.8, 4) is 0 Å². The molecule has 1 amide bonds. The molecule has 2 N–H and O–H groups in total. The SMILES string of the molecule is O=C(Cc1ccc(NS(=O)(=O)c2cccs2)cc1)NC1CC1. The van der Waals surface area contributed by atoms with Crippen LogP contribution in [0.5, 0.6) is 0 Å². The van der Waals surface area contributed by atoms with Gasteiger partial charge in [0.05, 0.1) is 6.42 Å². The van der Waals surface area contributed by atoms with Crippen LogP contribution in [0.25, 0.3) is 0 Å². The van der Waals surface area contributed by atoms with E-state index >= 15 is 0 Å². The van der Waals surface area contributed by atoms with Crippen molar-refractivity contribution in [2.45, 2.75) is 29.5 Å². The van der Waals surface area contributed by atoms with E-state index in [1.54, 1.807) is 41.8 Å². The van der Waals surface area contributed by atoms with Gasteiger partial charge in [-0.3, -0.25) is 9.52 Å². The van der Waals surface area contributed by atoms with Gasteiger partial charge < -0.3 is 5.32 Å². The lowest BCUT2D eigenvalue weighted by Gasteiger charge is -2.07. The molecule has 1 aliphatic carbocycles. The smallest absolute Gasteiger partial charge is 0.271 e. The molecule has 3 rings (SSSR count). The Balaban J connectivity index is 1.62. The predicted octanol–water partition coefficient (Wildman–Crippen LogP) is 2.37. The number of anilines is 1. The van der Waals surface area contributed by atoms with E-state index in [1.807, 2.05) is 0 Å². The van der Waals surface area contributed by atoms with E-state index < -0.39 is 10.0 Å². The quantitative estimate of drug-likeness (QED) is 0.850. The van der Waals surface area contributed by atoms with Crippen LogP contribution in [-0.2, 0) is 21.2 Å². The number of sulfonamides is 1. The number of thiophene rings is 1. The minimum atomic E-state index is -3.52. The molecule has 22 heavy (non-hydrogen) atoms. The standard InChI is InChI=1S/C15H16N2O3S2/c18-14(16-12-7-8-12)10-11-3-5-13(6-4-11)17-22(19,20)15-2-1-9-21-15/h1-6,9,12,17H,7-8,10H2,(H,16,18). The summed E-state index contributed by atoms with van der Waals surface area (Å²) in [6.45, 7) is 0. The molecular weight excluding hydrogens is 320 g/mol. The van der Waals surface area contributed by atoms with E-state index in [2.05, 4.69) is 10.0 Å². The zero-order chi connectivity index (χ0) is 15.6. The van der Waals surface area contributed by atoms with Gasteiger partial charge in [-0.1, -0.05) is 18.2 Å². The molecule has 0 saturated heterocycles. The molecule has 1 saturated carbocycles. The lowest BCUT2D eigenvalue weighted by Crippen LogP contribution is -2.26. The van der Waals surface area contributed by atoms with Crippen molar-refractivity contribution >= 4 is 33.0 Å². The Morgan fingerprint density at radius 2 is 1.91 bits per heavy atom. The summed E-state index contributed by atoms with van der Waals surface area (Å²) in [4.78, 5) is 11.7. The van der Waals surface area contributed by atoms with E-state index in [1.165, 1.54) is 11.3 Å². The van der Waals surface area contributed by atoms with E-state index in [0.29, 0.717) is 18.2 Å². The molecule has 1 aliphatic rings. The molecule has 7 heteroatoms. The fourth-order valence-electron chi connectivity index (χ4n) is 2.00. The van der Waals surface area contributed by atoms with Crippen molar-refractivity contribution in [1.82, 2.24) is 5.32 Å². The largest absolute Gasteiger partial charge is 0.353 e. The Hall–Kier alpha value is -1.86. The Labute approximate surface area is 133 Å². The summed E-state index contributed by atoms with van der Waals surface area (Å²) < 4.78 is 27.0. The molecule has 0 spiro atoms. The average Bonchev–Trinajstić information content (AvgIpc) is 3.09. The van der Waals surface area contributed by atoms with Gasteiger partial charge in [0.1, 0.15) is 4.21 Å². The molecule has 0 bridgehead atoms. The number of hydrogen-bond donors (Lipinski definition) is 2. The highest BCUT2D eigenvalue weighted by Gasteiger charge is 2.23. The Morgan fingerprint density at radius 1 is 1.18 bits per heavy atom. The zero-order valence-corrected chi connectivity index (χ0v) is 13.4. The van der Waals surface area contributed by atoms with Crippen LogP contribution in [0, 0.1) is 0 Å². The summed E-state index contributed by atoms with van der Waals surface area (Å²) in [7, 11) is -3.52. The topological polar surface area (TPSA) is 75.3 Å². The van der Waals surface area contributed by atoms with Gasteiger partial charge >= 0.3 is 0 Å². The van der Waals surface area contributed by atoms with E-state index in [0.717, 1.165) is 18.4 Å². The second-order valence-corrected chi connectivity index (χ2v) is 8.11. The molecule has 0 atom stereocenters. The van der Waals surface area contributed by atoms with Crippen LogP contribution in [-0.4, -0.2) is 20.4 Å². The molecule has 1 aromatic heterocycles. The third-order valence-electron chi connectivity index (χ3n) is 3.27. The number of carbonyl (C=O) groups is 1. The first-order valence-electron chi connectivity index (χ1n) is 6.97. The highest BCUT2D eigenvalue weighted by molar-refractivity contribution is 7.94. The molecular formula is C15H16N2O3S2. The minimum Gasteiger partial charge on any atom is -0.353 e. The molecule has 1 aromatic carbocycles. The fourth-order valence-corrected chi connectivity index (χ4v) is 4.06. The van der Waals surface area contributed by atoms with Crippen molar-refractivity contribution in [2.75, 3.05) is 4.72 Å². The van der Waals surface area contributed by atoms with Crippen LogP contribution in [0.2, 0.25) is 0 Å².